The SMILES string of the molecule is CC(CO)(CCCSCCC[C@@](C)(CO)c1ccccc1)c1ccccc1. The summed E-state index contributed by atoms with van der Waals surface area (Å²) in [5, 5.41) is 19.7. The van der Waals surface area contributed by atoms with Crippen molar-refractivity contribution in [2.24, 2.45) is 0 Å². The van der Waals surface area contributed by atoms with E-state index in [-0.39, 0.29) is 24.0 Å². The Morgan fingerprint density at radius 1 is 0.667 bits per heavy atom. The molecule has 0 saturated heterocycles. The summed E-state index contributed by atoms with van der Waals surface area (Å²) in [5.74, 6) is 2.23. The van der Waals surface area contributed by atoms with Gasteiger partial charge in [-0.05, 0) is 48.3 Å². The highest BCUT2D eigenvalue weighted by Crippen LogP contribution is 2.31. The van der Waals surface area contributed by atoms with Gasteiger partial charge in [-0.2, -0.15) is 11.8 Å². The van der Waals surface area contributed by atoms with Gasteiger partial charge in [0.25, 0.3) is 0 Å². The van der Waals surface area contributed by atoms with Crippen molar-refractivity contribution in [1.29, 1.82) is 0 Å². The molecular weight excluding hydrogens is 352 g/mol. The molecule has 0 aliphatic heterocycles. The van der Waals surface area contributed by atoms with Crippen LogP contribution in [0.2, 0.25) is 0 Å². The standard InChI is InChI=1S/C24H34O2S/c1-23(19-25,21-11-5-3-6-12-21)15-9-17-27-18-10-16-24(2,20-26)22-13-7-4-8-14-22/h3-8,11-14,25-26H,9-10,15-20H2,1-2H3/t23-,24?/m0/s1. The van der Waals surface area contributed by atoms with Gasteiger partial charge in [0.05, 0.1) is 13.2 Å². The van der Waals surface area contributed by atoms with E-state index in [1.54, 1.807) is 0 Å². The molecule has 0 fully saturated rings. The summed E-state index contributed by atoms with van der Waals surface area (Å²) in [4.78, 5) is 0. The molecule has 0 spiro atoms. The molecule has 0 saturated carbocycles. The quantitative estimate of drug-likeness (QED) is 0.494. The van der Waals surface area contributed by atoms with Gasteiger partial charge in [-0.3, -0.25) is 0 Å². The van der Waals surface area contributed by atoms with Gasteiger partial charge >= 0.3 is 0 Å². The van der Waals surface area contributed by atoms with E-state index < -0.39 is 0 Å². The lowest BCUT2D eigenvalue weighted by Gasteiger charge is -2.28. The molecule has 1 unspecified atom stereocenters. The summed E-state index contributed by atoms with van der Waals surface area (Å²) in [6.07, 6.45) is 4.21. The van der Waals surface area contributed by atoms with Crippen LogP contribution in [0.25, 0.3) is 0 Å². The summed E-state index contributed by atoms with van der Waals surface area (Å²) in [7, 11) is 0. The van der Waals surface area contributed by atoms with E-state index in [2.05, 4.69) is 38.1 Å². The van der Waals surface area contributed by atoms with Crippen molar-refractivity contribution in [3.63, 3.8) is 0 Å². The number of aliphatic hydroxyl groups excluding tert-OH is 2. The Morgan fingerprint density at radius 2 is 1.04 bits per heavy atom. The zero-order chi connectivity index (χ0) is 19.6. The maximum absolute atomic E-state index is 9.87. The van der Waals surface area contributed by atoms with Crippen molar-refractivity contribution in [3.8, 4) is 0 Å². The first-order chi connectivity index (χ1) is 13.0. The van der Waals surface area contributed by atoms with E-state index in [0.29, 0.717) is 0 Å². The van der Waals surface area contributed by atoms with Gasteiger partial charge in [-0.25, -0.2) is 0 Å². The molecule has 27 heavy (non-hydrogen) atoms. The van der Waals surface area contributed by atoms with Gasteiger partial charge in [0.15, 0.2) is 0 Å². The van der Waals surface area contributed by atoms with Crippen LogP contribution in [0.5, 0.6) is 0 Å². The summed E-state index contributed by atoms with van der Waals surface area (Å²) < 4.78 is 0. The van der Waals surface area contributed by atoms with E-state index in [4.69, 9.17) is 0 Å². The van der Waals surface area contributed by atoms with Crippen LogP contribution in [0.15, 0.2) is 60.7 Å². The maximum Gasteiger partial charge on any atom is 0.0525 e. The van der Waals surface area contributed by atoms with E-state index >= 15 is 0 Å². The van der Waals surface area contributed by atoms with Crippen LogP contribution in [0.3, 0.4) is 0 Å². The molecule has 0 amide bonds. The van der Waals surface area contributed by atoms with Crippen molar-refractivity contribution in [1.82, 2.24) is 0 Å². The van der Waals surface area contributed by atoms with Crippen LogP contribution >= 0.6 is 11.8 Å². The molecule has 0 radical (unpaired) electrons. The van der Waals surface area contributed by atoms with Gasteiger partial charge < -0.3 is 10.2 Å². The maximum atomic E-state index is 9.87. The van der Waals surface area contributed by atoms with Crippen LogP contribution < -0.4 is 0 Å². The number of thioether (sulfide) groups is 1. The topological polar surface area (TPSA) is 40.5 Å². The lowest BCUT2D eigenvalue weighted by atomic mass is 9.79. The van der Waals surface area contributed by atoms with Crippen molar-refractivity contribution in [2.45, 2.75) is 50.4 Å². The fraction of sp³-hybridized carbons (Fsp3) is 0.500. The lowest BCUT2D eigenvalue weighted by Crippen LogP contribution is -2.27. The van der Waals surface area contributed by atoms with Crippen LogP contribution in [0, 0.1) is 0 Å². The van der Waals surface area contributed by atoms with E-state index in [1.165, 1.54) is 11.1 Å². The minimum atomic E-state index is -0.148. The Kier molecular flexibility index (Phi) is 8.88. The molecule has 2 aromatic rings. The predicted molar refractivity (Wildman–Crippen MR) is 118 cm³/mol. The molecule has 148 valence electrons. The first-order valence-corrected chi connectivity index (χ1v) is 11.1. The number of aliphatic hydroxyl groups is 2. The molecule has 2 rings (SSSR count). The molecule has 2 nitrogen and oxygen atoms in total. The predicted octanol–water partition coefficient (Wildman–Crippen LogP) is 5.18. The van der Waals surface area contributed by atoms with Crippen LogP contribution in [0.1, 0.15) is 50.7 Å². The molecule has 2 atom stereocenters. The zero-order valence-corrected chi connectivity index (χ0v) is 17.5. The van der Waals surface area contributed by atoms with E-state index in [9.17, 15) is 10.2 Å². The highest BCUT2D eigenvalue weighted by Gasteiger charge is 2.26. The van der Waals surface area contributed by atoms with Crippen molar-refractivity contribution in [3.05, 3.63) is 71.8 Å². The van der Waals surface area contributed by atoms with Crippen molar-refractivity contribution in [2.75, 3.05) is 24.7 Å². The van der Waals surface area contributed by atoms with Crippen molar-refractivity contribution < 1.29 is 10.2 Å². The normalized spacial score (nSPS) is 15.9. The third kappa shape index (κ3) is 6.38. The molecule has 3 heteroatoms. The average Bonchev–Trinajstić information content (AvgIpc) is 2.74. The zero-order valence-electron chi connectivity index (χ0n) is 16.7. The molecule has 0 bridgehead atoms. The Balaban J connectivity index is 1.70. The van der Waals surface area contributed by atoms with Gasteiger partial charge in [0.1, 0.15) is 0 Å². The average molecular weight is 387 g/mol. The van der Waals surface area contributed by atoms with Crippen LogP contribution in [-0.2, 0) is 10.8 Å². The molecule has 0 aliphatic carbocycles. The third-order valence-corrected chi connectivity index (χ3v) is 6.83. The first-order valence-electron chi connectivity index (χ1n) is 9.95. The van der Waals surface area contributed by atoms with Crippen molar-refractivity contribution >= 4 is 11.8 Å². The number of hydrogen-bond donors (Lipinski definition) is 2. The summed E-state index contributed by atoms with van der Waals surface area (Å²) >= 11 is 1.98. The van der Waals surface area contributed by atoms with Gasteiger partial charge in [0.2, 0.25) is 0 Å². The molecule has 0 heterocycles. The monoisotopic (exact) mass is 386 g/mol. The van der Waals surface area contributed by atoms with Crippen LogP contribution in [-0.4, -0.2) is 34.9 Å². The second kappa shape index (κ2) is 10.9. The number of benzene rings is 2. The Morgan fingerprint density at radius 3 is 1.37 bits per heavy atom. The largest absolute Gasteiger partial charge is 0.395 e. The van der Waals surface area contributed by atoms with Gasteiger partial charge in [-0.1, -0.05) is 74.5 Å². The van der Waals surface area contributed by atoms with E-state index in [0.717, 1.165) is 37.2 Å². The molecule has 2 aromatic carbocycles. The second-order valence-electron chi connectivity index (χ2n) is 7.99. The Hall–Kier alpha value is -1.29. The summed E-state index contributed by atoms with van der Waals surface area (Å²) in [5.41, 5.74) is 2.15. The fourth-order valence-corrected chi connectivity index (χ4v) is 4.44. The minimum absolute atomic E-state index is 0.148. The second-order valence-corrected chi connectivity index (χ2v) is 9.21. The summed E-state index contributed by atoms with van der Waals surface area (Å²) in [6, 6.07) is 20.7. The highest BCUT2D eigenvalue weighted by atomic mass is 32.2. The Labute approximate surface area is 169 Å². The van der Waals surface area contributed by atoms with Gasteiger partial charge in [0, 0.05) is 10.8 Å². The molecule has 0 aromatic heterocycles. The highest BCUT2D eigenvalue weighted by molar-refractivity contribution is 7.99. The smallest absolute Gasteiger partial charge is 0.0525 e. The lowest BCUT2D eigenvalue weighted by molar-refractivity contribution is 0.196. The molecular formula is C24H34O2S. The van der Waals surface area contributed by atoms with Crippen LogP contribution in [0.4, 0.5) is 0 Å². The first kappa shape index (κ1) is 22.0. The van der Waals surface area contributed by atoms with Gasteiger partial charge in [-0.15, -0.1) is 0 Å². The molecule has 2 N–H and O–H groups in total. The Bertz CT molecular complexity index is 588. The minimum Gasteiger partial charge on any atom is -0.395 e. The number of rotatable bonds is 12. The molecule has 0 aliphatic rings. The third-order valence-electron chi connectivity index (χ3n) is 5.67. The fourth-order valence-electron chi connectivity index (χ4n) is 3.54. The van der Waals surface area contributed by atoms with E-state index in [1.807, 2.05) is 48.2 Å². The summed E-state index contributed by atoms with van der Waals surface area (Å²) in [6.45, 7) is 4.68. The number of hydrogen-bond acceptors (Lipinski definition) is 3.